The standard InChI is InChI=1S/C18H30N4O3S.HI/c1-4-19-18(20-12-14(2)17(23)24-3)21-13-15(16-6-5-11-26-16)22-7-9-25-10-8-22;/h5-6,11,14-15H,4,7-10,12-13H2,1-3H3,(H2,19,20,21);1H. The molecular weight excluding hydrogens is 479 g/mol. The monoisotopic (exact) mass is 510 g/mol. The molecule has 1 aromatic heterocycles. The van der Waals surface area contributed by atoms with Gasteiger partial charge in [0.15, 0.2) is 5.96 Å². The minimum atomic E-state index is -0.261. The Morgan fingerprint density at radius 2 is 2.15 bits per heavy atom. The zero-order valence-electron chi connectivity index (χ0n) is 16.3. The van der Waals surface area contributed by atoms with Gasteiger partial charge in [0.05, 0.1) is 38.8 Å². The fourth-order valence-electron chi connectivity index (χ4n) is 2.82. The fraction of sp³-hybridized carbons (Fsp3) is 0.667. The van der Waals surface area contributed by atoms with E-state index in [0.717, 1.165) is 45.4 Å². The molecule has 1 saturated heterocycles. The molecule has 27 heavy (non-hydrogen) atoms. The maximum Gasteiger partial charge on any atom is 0.310 e. The van der Waals surface area contributed by atoms with Gasteiger partial charge in [-0.3, -0.25) is 14.7 Å². The minimum Gasteiger partial charge on any atom is -0.469 e. The van der Waals surface area contributed by atoms with Crippen LogP contribution in [-0.4, -0.2) is 69.9 Å². The van der Waals surface area contributed by atoms with Gasteiger partial charge >= 0.3 is 5.97 Å². The first-order chi connectivity index (χ1) is 12.7. The summed E-state index contributed by atoms with van der Waals surface area (Å²) in [4.78, 5) is 19.9. The topological polar surface area (TPSA) is 75.2 Å². The highest BCUT2D eigenvalue weighted by molar-refractivity contribution is 14.0. The van der Waals surface area contributed by atoms with Gasteiger partial charge in [0.25, 0.3) is 0 Å². The number of esters is 1. The van der Waals surface area contributed by atoms with Crippen LogP contribution < -0.4 is 10.6 Å². The molecule has 9 heteroatoms. The SMILES string of the molecule is CCNC(=NCC(C)C(=O)OC)NCC(c1cccs1)N1CCOCC1.I. The quantitative estimate of drug-likeness (QED) is 0.242. The van der Waals surface area contributed by atoms with Crippen molar-refractivity contribution in [3.05, 3.63) is 22.4 Å². The lowest BCUT2D eigenvalue weighted by Gasteiger charge is -2.34. The highest BCUT2D eigenvalue weighted by Gasteiger charge is 2.23. The van der Waals surface area contributed by atoms with Gasteiger partial charge in [-0.2, -0.15) is 0 Å². The van der Waals surface area contributed by atoms with Gasteiger partial charge in [-0.05, 0) is 18.4 Å². The van der Waals surface area contributed by atoms with Crippen LogP contribution in [0.5, 0.6) is 0 Å². The summed E-state index contributed by atoms with van der Waals surface area (Å²) >= 11 is 1.77. The van der Waals surface area contributed by atoms with Gasteiger partial charge in [0.2, 0.25) is 0 Å². The summed E-state index contributed by atoms with van der Waals surface area (Å²) in [6.45, 7) is 9.15. The Morgan fingerprint density at radius 3 is 2.74 bits per heavy atom. The lowest BCUT2D eigenvalue weighted by molar-refractivity contribution is -0.144. The number of halogens is 1. The van der Waals surface area contributed by atoms with E-state index in [1.807, 2.05) is 13.8 Å². The van der Waals surface area contributed by atoms with Crippen molar-refractivity contribution in [2.24, 2.45) is 10.9 Å². The predicted octanol–water partition coefficient (Wildman–Crippen LogP) is 2.10. The zero-order chi connectivity index (χ0) is 18.8. The van der Waals surface area contributed by atoms with E-state index in [0.29, 0.717) is 6.54 Å². The average molecular weight is 510 g/mol. The number of morpholine rings is 1. The molecule has 2 rings (SSSR count). The minimum absolute atomic E-state index is 0. The lowest BCUT2D eigenvalue weighted by atomic mass is 10.2. The van der Waals surface area contributed by atoms with Crippen LogP contribution in [0, 0.1) is 5.92 Å². The number of hydrogen-bond donors (Lipinski definition) is 2. The first kappa shape index (κ1) is 24.1. The van der Waals surface area contributed by atoms with Crippen molar-refractivity contribution in [3.8, 4) is 0 Å². The number of aliphatic imine (C=N–C) groups is 1. The molecule has 2 heterocycles. The summed E-state index contributed by atoms with van der Waals surface area (Å²) < 4.78 is 10.3. The number of hydrogen-bond acceptors (Lipinski definition) is 6. The van der Waals surface area contributed by atoms with Crippen molar-refractivity contribution < 1.29 is 14.3 Å². The lowest BCUT2D eigenvalue weighted by Crippen LogP contribution is -2.46. The maximum atomic E-state index is 11.6. The molecule has 2 atom stereocenters. The van der Waals surface area contributed by atoms with E-state index < -0.39 is 0 Å². The summed E-state index contributed by atoms with van der Waals surface area (Å²) in [6.07, 6.45) is 0. The number of guanidine groups is 1. The zero-order valence-corrected chi connectivity index (χ0v) is 19.4. The second-order valence-electron chi connectivity index (χ2n) is 6.20. The Balaban J connectivity index is 0.00000364. The van der Waals surface area contributed by atoms with Crippen LogP contribution in [-0.2, 0) is 14.3 Å². The van der Waals surface area contributed by atoms with E-state index in [4.69, 9.17) is 9.47 Å². The van der Waals surface area contributed by atoms with Gasteiger partial charge in [0.1, 0.15) is 0 Å². The number of nitrogens with one attached hydrogen (secondary N) is 2. The second kappa shape index (κ2) is 13.3. The van der Waals surface area contributed by atoms with Crippen molar-refractivity contribution in [3.63, 3.8) is 0 Å². The number of methoxy groups -OCH3 is 1. The van der Waals surface area contributed by atoms with Crippen molar-refractivity contribution in [2.75, 3.05) is 53.0 Å². The summed E-state index contributed by atoms with van der Waals surface area (Å²) in [5.41, 5.74) is 0. The van der Waals surface area contributed by atoms with Gasteiger partial charge in [-0.15, -0.1) is 35.3 Å². The van der Waals surface area contributed by atoms with Crippen molar-refractivity contribution >= 4 is 47.2 Å². The van der Waals surface area contributed by atoms with Gasteiger partial charge in [0, 0.05) is 31.1 Å². The van der Waals surface area contributed by atoms with Crippen LogP contribution in [0.2, 0.25) is 0 Å². The first-order valence-electron chi connectivity index (χ1n) is 9.10. The highest BCUT2D eigenvalue weighted by Crippen LogP contribution is 2.25. The van der Waals surface area contributed by atoms with Gasteiger partial charge < -0.3 is 20.1 Å². The number of nitrogens with zero attached hydrogens (tertiary/aromatic N) is 2. The van der Waals surface area contributed by atoms with Crippen molar-refractivity contribution in [1.29, 1.82) is 0 Å². The molecule has 7 nitrogen and oxygen atoms in total. The Hall–Kier alpha value is -0.910. The molecule has 0 bridgehead atoms. The van der Waals surface area contributed by atoms with E-state index in [1.165, 1.54) is 12.0 Å². The molecule has 0 aliphatic carbocycles. The van der Waals surface area contributed by atoms with E-state index in [1.54, 1.807) is 11.3 Å². The van der Waals surface area contributed by atoms with E-state index >= 15 is 0 Å². The number of rotatable bonds is 8. The molecule has 0 radical (unpaired) electrons. The second-order valence-corrected chi connectivity index (χ2v) is 7.18. The van der Waals surface area contributed by atoms with E-state index in [-0.39, 0.29) is 41.9 Å². The molecule has 0 amide bonds. The summed E-state index contributed by atoms with van der Waals surface area (Å²) in [5, 5.41) is 8.79. The fourth-order valence-corrected chi connectivity index (χ4v) is 3.68. The third-order valence-corrected chi connectivity index (χ3v) is 5.27. The number of carbonyl (C=O) groups excluding carboxylic acids is 1. The largest absolute Gasteiger partial charge is 0.469 e. The molecule has 2 unspecified atom stereocenters. The van der Waals surface area contributed by atoms with Crippen LogP contribution in [0.4, 0.5) is 0 Å². The normalized spacial score (nSPS) is 17.5. The molecule has 0 saturated carbocycles. The van der Waals surface area contributed by atoms with Gasteiger partial charge in [-0.1, -0.05) is 13.0 Å². The van der Waals surface area contributed by atoms with Crippen LogP contribution in [0.25, 0.3) is 0 Å². The third kappa shape index (κ3) is 7.92. The Kier molecular flexibility index (Phi) is 11.9. The molecule has 1 aliphatic rings. The summed E-state index contributed by atoms with van der Waals surface area (Å²) in [7, 11) is 1.40. The number of ether oxygens (including phenoxy) is 2. The molecule has 1 aliphatic heterocycles. The smallest absolute Gasteiger partial charge is 0.310 e. The van der Waals surface area contributed by atoms with Crippen LogP contribution >= 0.6 is 35.3 Å². The van der Waals surface area contributed by atoms with Crippen LogP contribution in [0.1, 0.15) is 24.8 Å². The van der Waals surface area contributed by atoms with E-state index in [9.17, 15) is 4.79 Å². The maximum absolute atomic E-state index is 11.6. The summed E-state index contributed by atoms with van der Waals surface area (Å²) in [6, 6.07) is 4.54. The van der Waals surface area contributed by atoms with Crippen molar-refractivity contribution in [2.45, 2.75) is 19.9 Å². The van der Waals surface area contributed by atoms with Crippen molar-refractivity contribution in [1.82, 2.24) is 15.5 Å². The van der Waals surface area contributed by atoms with Gasteiger partial charge in [-0.25, -0.2) is 0 Å². The first-order valence-corrected chi connectivity index (χ1v) is 9.98. The molecule has 0 aromatic carbocycles. The third-order valence-electron chi connectivity index (χ3n) is 4.29. The number of carbonyl (C=O) groups is 1. The van der Waals surface area contributed by atoms with E-state index in [2.05, 4.69) is 38.0 Å². The highest BCUT2D eigenvalue weighted by atomic mass is 127. The average Bonchev–Trinajstić information content (AvgIpc) is 3.20. The molecule has 0 spiro atoms. The van der Waals surface area contributed by atoms with Crippen LogP contribution in [0.15, 0.2) is 22.5 Å². The molecule has 1 aromatic rings. The predicted molar refractivity (Wildman–Crippen MR) is 120 cm³/mol. The number of thiophene rings is 1. The molecule has 154 valence electrons. The Labute approximate surface area is 182 Å². The summed E-state index contributed by atoms with van der Waals surface area (Å²) in [5.74, 6) is 0.218. The molecular formula is C18H31IN4O3S. The Bertz CT molecular complexity index is 565. The van der Waals surface area contributed by atoms with Crippen LogP contribution in [0.3, 0.4) is 0 Å². The Morgan fingerprint density at radius 1 is 1.41 bits per heavy atom. The molecule has 2 N–H and O–H groups in total. The molecule has 1 fully saturated rings.